The number of aliphatic imine (C=N–C) groups is 1. The van der Waals surface area contributed by atoms with Gasteiger partial charge in [0.1, 0.15) is 11.6 Å². The van der Waals surface area contributed by atoms with Gasteiger partial charge in [0.25, 0.3) is 0 Å². The number of piperidine rings is 1. The Morgan fingerprint density at radius 2 is 2.31 bits per heavy atom. The fraction of sp³-hybridized carbons (Fsp3) is 0.524. The van der Waals surface area contributed by atoms with Gasteiger partial charge in [0.2, 0.25) is 0 Å². The number of halogens is 1. The lowest BCUT2D eigenvalue weighted by Gasteiger charge is -2.39. The molecule has 2 aromatic rings. The summed E-state index contributed by atoms with van der Waals surface area (Å²) in [5.74, 6) is 1.94. The quantitative estimate of drug-likeness (QED) is 0.630. The van der Waals surface area contributed by atoms with Crippen LogP contribution in [0.25, 0.3) is 0 Å². The van der Waals surface area contributed by atoms with E-state index in [4.69, 9.17) is 9.47 Å². The number of imidazole rings is 1. The highest BCUT2D eigenvalue weighted by atomic mass is 19.1. The van der Waals surface area contributed by atoms with Crippen LogP contribution in [0, 0.1) is 11.7 Å². The fourth-order valence-electron chi connectivity index (χ4n) is 4.18. The van der Waals surface area contributed by atoms with E-state index in [1.165, 1.54) is 6.07 Å². The maximum absolute atomic E-state index is 13.9. The van der Waals surface area contributed by atoms with Gasteiger partial charge in [0.15, 0.2) is 12.8 Å². The summed E-state index contributed by atoms with van der Waals surface area (Å²) in [6, 6.07) is 3.40. The van der Waals surface area contributed by atoms with E-state index in [2.05, 4.69) is 31.7 Å². The third kappa shape index (κ3) is 4.37. The Balaban J connectivity index is 1.39. The Morgan fingerprint density at radius 1 is 1.41 bits per heavy atom. The maximum atomic E-state index is 13.9. The van der Waals surface area contributed by atoms with Gasteiger partial charge >= 0.3 is 0 Å². The first kappa shape index (κ1) is 19.7. The monoisotopic (exact) mass is 401 g/mol. The molecule has 1 N–H and O–H groups in total. The number of nitrogens with zero attached hydrogens (tertiary/aromatic N) is 4. The zero-order valence-electron chi connectivity index (χ0n) is 17.0. The number of hydrogen-bond acceptors (Lipinski definition) is 4. The number of hydrogen-bond donors (Lipinski definition) is 1. The highest BCUT2D eigenvalue weighted by molar-refractivity contribution is 5.80. The average molecular weight is 401 g/mol. The van der Waals surface area contributed by atoms with Crippen LogP contribution in [0.2, 0.25) is 0 Å². The topological polar surface area (TPSA) is 63.9 Å². The SMILES string of the molecule is CN=C(NCCc1cc(F)cc2c1OCOC2)N1CCC(C)C(n2ccnc2)C1. The highest BCUT2D eigenvalue weighted by Gasteiger charge is 2.29. The van der Waals surface area contributed by atoms with E-state index >= 15 is 0 Å². The van der Waals surface area contributed by atoms with Gasteiger partial charge < -0.3 is 24.3 Å². The van der Waals surface area contributed by atoms with Crippen LogP contribution >= 0.6 is 0 Å². The van der Waals surface area contributed by atoms with Crippen LogP contribution in [-0.4, -0.2) is 53.9 Å². The molecule has 0 aliphatic carbocycles. The normalized spacial score (nSPS) is 22.2. The van der Waals surface area contributed by atoms with Gasteiger partial charge in [-0.15, -0.1) is 0 Å². The summed E-state index contributed by atoms with van der Waals surface area (Å²) in [5.41, 5.74) is 1.62. The predicted octanol–water partition coefficient (Wildman–Crippen LogP) is 2.59. The number of fused-ring (bicyclic) bond motifs is 1. The van der Waals surface area contributed by atoms with Crippen molar-refractivity contribution in [3.05, 3.63) is 47.8 Å². The van der Waals surface area contributed by atoms with Gasteiger partial charge in [0, 0.05) is 44.6 Å². The molecule has 2 unspecified atom stereocenters. The first-order valence-corrected chi connectivity index (χ1v) is 10.1. The Bertz CT molecular complexity index is 855. The van der Waals surface area contributed by atoms with Gasteiger partial charge in [-0.05, 0) is 36.5 Å². The molecule has 0 saturated carbocycles. The number of likely N-dealkylation sites (tertiary alicyclic amines) is 1. The third-order valence-corrected chi connectivity index (χ3v) is 5.77. The van der Waals surface area contributed by atoms with Gasteiger partial charge in [0.05, 0.1) is 19.0 Å². The van der Waals surface area contributed by atoms with Crippen LogP contribution in [0.15, 0.2) is 35.8 Å². The van der Waals surface area contributed by atoms with Crippen LogP contribution < -0.4 is 10.1 Å². The average Bonchev–Trinajstić information content (AvgIpc) is 3.26. The minimum absolute atomic E-state index is 0.211. The van der Waals surface area contributed by atoms with E-state index in [1.54, 1.807) is 13.1 Å². The molecule has 8 heteroatoms. The minimum atomic E-state index is -0.259. The minimum Gasteiger partial charge on any atom is -0.467 e. The summed E-state index contributed by atoms with van der Waals surface area (Å²) < 4.78 is 27.0. The first-order chi connectivity index (χ1) is 14.2. The molecule has 0 spiro atoms. The second-order valence-corrected chi connectivity index (χ2v) is 7.68. The van der Waals surface area contributed by atoms with Crippen molar-refractivity contribution in [2.45, 2.75) is 32.4 Å². The maximum Gasteiger partial charge on any atom is 0.193 e. The van der Waals surface area contributed by atoms with E-state index in [1.807, 2.05) is 18.7 Å². The van der Waals surface area contributed by atoms with Crippen LogP contribution in [0.5, 0.6) is 5.75 Å². The van der Waals surface area contributed by atoms with Crippen molar-refractivity contribution in [2.24, 2.45) is 10.9 Å². The molecule has 0 radical (unpaired) electrons. The molecule has 3 heterocycles. The van der Waals surface area contributed by atoms with Crippen molar-refractivity contribution in [2.75, 3.05) is 33.5 Å². The molecule has 2 aliphatic heterocycles. The number of aromatic nitrogens is 2. The Kier molecular flexibility index (Phi) is 5.99. The smallest absolute Gasteiger partial charge is 0.193 e. The fourth-order valence-corrected chi connectivity index (χ4v) is 4.18. The summed E-state index contributed by atoms with van der Waals surface area (Å²) in [6.07, 6.45) is 7.48. The summed E-state index contributed by atoms with van der Waals surface area (Å²) in [6.45, 7) is 5.37. The lowest BCUT2D eigenvalue weighted by Crippen LogP contribution is -2.49. The molecule has 0 amide bonds. The van der Waals surface area contributed by atoms with Crippen LogP contribution in [-0.2, 0) is 17.8 Å². The van der Waals surface area contributed by atoms with E-state index in [9.17, 15) is 4.39 Å². The number of benzene rings is 1. The lowest BCUT2D eigenvalue weighted by molar-refractivity contribution is -0.0172. The molecule has 156 valence electrons. The van der Waals surface area contributed by atoms with Crippen molar-refractivity contribution in [1.29, 1.82) is 0 Å². The van der Waals surface area contributed by atoms with Crippen molar-refractivity contribution in [3.8, 4) is 5.75 Å². The zero-order chi connectivity index (χ0) is 20.2. The second kappa shape index (κ2) is 8.82. The van der Waals surface area contributed by atoms with Crippen molar-refractivity contribution < 1.29 is 13.9 Å². The molecular weight excluding hydrogens is 373 g/mol. The van der Waals surface area contributed by atoms with Gasteiger partial charge in [-0.3, -0.25) is 4.99 Å². The number of nitrogens with one attached hydrogen (secondary N) is 1. The summed E-state index contributed by atoms with van der Waals surface area (Å²) in [4.78, 5) is 11.0. The Labute approximate surface area is 170 Å². The standard InChI is InChI=1S/C21H28FN5O2/c1-15-4-7-26(11-19(15)27-8-6-24-13-27)21(23-2)25-5-3-16-9-18(22)10-17-12-28-14-29-20(16)17/h6,8-10,13,15,19H,3-5,7,11-12,14H2,1-2H3,(H,23,25). The van der Waals surface area contributed by atoms with Crippen LogP contribution in [0.3, 0.4) is 0 Å². The molecule has 2 atom stereocenters. The predicted molar refractivity (Wildman–Crippen MR) is 108 cm³/mol. The molecule has 4 rings (SSSR count). The lowest BCUT2D eigenvalue weighted by atomic mass is 9.93. The van der Waals surface area contributed by atoms with E-state index in [0.29, 0.717) is 31.5 Å². The largest absolute Gasteiger partial charge is 0.467 e. The van der Waals surface area contributed by atoms with E-state index < -0.39 is 0 Å². The number of rotatable bonds is 4. The van der Waals surface area contributed by atoms with Gasteiger partial charge in [-0.25, -0.2) is 9.37 Å². The molecule has 0 bridgehead atoms. The molecule has 7 nitrogen and oxygen atoms in total. The number of guanidine groups is 1. The van der Waals surface area contributed by atoms with Crippen molar-refractivity contribution in [3.63, 3.8) is 0 Å². The first-order valence-electron chi connectivity index (χ1n) is 10.1. The Morgan fingerprint density at radius 3 is 3.10 bits per heavy atom. The molecular formula is C21H28FN5O2. The molecule has 1 aromatic carbocycles. The Hall–Kier alpha value is -2.61. The van der Waals surface area contributed by atoms with Crippen molar-refractivity contribution >= 4 is 5.96 Å². The van der Waals surface area contributed by atoms with Crippen molar-refractivity contribution in [1.82, 2.24) is 19.8 Å². The number of ether oxygens (including phenoxy) is 2. The van der Waals surface area contributed by atoms with Crippen LogP contribution in [0.4, 0.5) is 4.39 Å². The molecule has 29 heavy (non-hydrogen) atoms. The van der Waals surface area contributed by atoms with Gasteiger partial charge in [-0.1, -0.05) is 6.92 Å². The van der Waals surface area contributed by atoms with Gasteiger partial charge in [-0.2, -0.15) is 0 Å². The second-order valence-electron chi connectivity index (χ2n) is 7.68. The summed E-state index contributed by atoms with van der Waals surface area (Å²) in [5, 5.41) is 3.44. The molecule has 1 aromatic heterocycles. The highest BCUT2D eigenvalue weighted by Crippen LogP contribution is 2.30. The summed E-state index contributed by atoms with van der Waals surface area (Å²) >= 11 is 0. The third-order valence-electron chi connectivity index (χ3n) is 5.77. The molecule has 1 saturated heterocycles. The molecule has 1 fully saturated rings. The van der Waals surface area contributed by atoms with E-state index in [-0.39, 0.29) is 12.6 Å². The molecule has 2 aliphatic rings. The zero-order valence-corrected chi connectivity index (χ0v) is 17.0. The summed E-state index contributed by atoms with van der Waals surface area (Å²) in [7, 11) is 1.80. The van der Waals surface area contributed by atoms with E-state index in [0.717, 1.165) is 42.3 Å². The van der Waals surface area contributed by atoms with Crippen LogP contribution in [0.1, 0.15) is 30.5 Å².